The lowest BCUT2D eigenvalue weighted by molar-refractivity contribution is 0.103. The Bertz CT molecular complexity index is 1160. The van der Waals surface area contributed by atoms with Crippen LogP contribution in [0.4, 0.5) is 0 Å². The monoisotopic (exact) mass is 360 g/mol. The Hall–Kier alpha value is -3.17. The van der Waals surface area contributed by atoms with E-state index in [2.05, 4.69) is 0 Å². The lowest BCUT2D eigenvalue weighted by Crippen LogP contribution is -2.17. The highest BCUT2D eigenvalue weighted by Crippen LogP contribution is 2.28. The molecule has 0 N–H and O–H groups in total. The molecule has 3 aromatic carbocycles. The van der Waals surface area contributed by atoms with Crippen molar-refractivity contribution < 1.29 is 9.21 Å². The second-order valence-electron chi connectivity index (χ2n) is 5.83. The summed E-state index contributed by atoms with van der Waals surface area (Å²) in [5.41, 5.74) is 1.18. The molecule has 0 radical (unpaired) electrons. The number of para-hydroxylation sites is 1. The van der Waals surface area contributed by atoms with Gasteiger partial charge in [0.05, 0.1) is 5.39 Å². The lowest BCUT2D eigenvalue weighted by Gasteiger charge is -2.10. The highest BCUT2D eigenvalue weighted by Gasteiger charge is 2.23. The fraction of sp³-hybridized carbons (Fsp3) is 0. The number of halogens is 1. The number of fused-ring (bicyclic) bond motifs is 1. The SMILES string of the molecule is O=C(c1ccccc1)c1c(-c2ccc(Cl)cc2)oc2ccccc2c1=O. The maximum Gasteiger partial charge on any atom is 0.204 e. The molecule has 0 saturated carbocycles. The molecule has 0 aliphatic rings. The van der Waals surface area contributed by atoms with E-state index in [1.54, 1.807) is 72.8 Å². The number of ketones is 1. The fourth-order valence-electron chi connectivity index (χ4n) is 2.89. The predicted molar refractivity (Wildman–Crippen MR) is 103 cm³/mol. The van der Waals surface area contributed by atoms with E-state index in [0.717, 1.165) is 0 Å². The summed E-state index contributed by atoms with van der Waals surface area (Å²) in [5, 5.41) is 0.942. The van der Waals surface area contributed by atoms with Gasteiger partial charge in [-0.05, 0) is 36.4 Å². The summed E-state index contributed by atoms with van der Waals surface area (Å²) in [6.45, 7) is 0. The Labute approximate surface area is 154 Å². The van der Waals surface area contributed by atoms with Gasteiger partial charge in [-0.1, -0.05) is 54.1 Å². The third-order valence-corrected chi connectivity index (χ3v) is 4.42. The van der Waals surface area contributed by atoms with Gasteiger partial charge in [0, 0.05) is 16.1 Å². The number of carbonyl (C=O) groups excluding carboxylic acids is 1. The van der Waals surface area contributed by atoms with Crippen molar-refractivity contribution in [3.63, 3.8) is 0 Å². The Kier molecular flexibility index (Phi) is 4.15. The van der Waals surface area contributed by atoms with Gasteiger partial charge < -0.3 is 4.42 Å². The minimum Gasteiger partial charge on any atom is -0.455 e. The molecule has 0 bridgehead atoms. The third-order valence-electron chi connectivity index (χ3n) is 4.17. The van der Waals surface area contributed by atoms with Crippen LogP contribution in [0, 0.1) is 0 Å². The van der Waals surface area contributed by atoms with Gasteiger partial charge in [0.15, 0.2) is 0 Å². The zero-order valence-electron chi connectivity index (χ0n) is 13.6. The largest absolute Gasteiger partial charge is 0.455 e. The maximum atomic E-state index is 13.1. The van der Waals surface area contributed by atoms with Gasteiger partial charge in [0.25, 0.3) is 0 Å². The summed E-state index contributed by atoms with van der Waals surface area (Å²) in [5.74, 6) is -0.116. The third kappa shape index (κ3) is 2.83. The maximum absolute atomic E-state index is 13.1. The summed E-state index contributed by atoms with van der Waals surface area (Å²) in [7, 11) is 0. The van der Waals surface area contributed by atoms with E-state index in [9.17, 15) is 9.59 Å². The van der Waals surface area contributed by atoms with E-state index >= 15 is 0 Å². The van der Waals surface area contributed by atoms with Crippen LogP contribution < -0.4 is 5.43 Å². The molecule has 1 heterocycles. The van der Waals surface area contributed by atoms with Crippen LogP contribution in [-0.4, -0.2) is 5.78 Å². The number of rotatable bonds is 3. The zero-order valence-corrected chi connectivity index (χ0v) is 14.4. The van der Waals surface area contributed by atoms with E-state index in [1.165, 1.54) is 0 Å². The predicted octanol–water partition coefficient (Wildman–Crippen LogP) is 5.34. The number of carbonyl (C=O) groups is 1. The molecular formula is C22H13ClO3. The molecule has 4 rings (SSSR count). The molecule has 3 nitrogen and oxygen atoms in total. The van der Waals surface area contributed by atoms with Crippen molar-refractivity contribution in [2.24, 2.45) is 0 Å². The molecule has 0 aliphatic heterocycles. The molecule has 0 aliphatic carbocycles. The van der Waals surface area contributed by atoms with Crippen LogP contribution in [0.25, 0.3) is 22.3 Å². The average Bonchev–Trinajstić information content (AvgIpc) is 2.69. The van der Waals surface area contributed by atoms with E-state index in [4.69, 9.17) is 16.0 Å². The van der Waals surface area contributed by atoms with E-state index in [1.807, 2.05) is 6.07 Å². The van der Waals surface area contributed by atoms with Crippen LogP contribution in [0.3, 0.4) is 0 Å². The average molecular weight is 361 g/mol. The van der Waals surface area contributed by atoms with Crippen molar-refractivity contribution >= 4 is 28.4 Å². The summed E-state index contributed by atoms with van der Waals surface area (Å²) in [6.07, 6.45) is 0. The van der Waals surface area contributed by atoms with Crippen LogP contribution >= 0.6 is 11.6 Å². The van der Waals surface area contributed by atoms with Gasteiger partial charge in [0.2, 0.25) is 11.2 Å². The van der Waals surface area contributed by atoms with Crippen LogP contribution in [0.1, 0.15) is 15.9 Å². The minimum absolute atomic E-state index is 0.0252. The lowest BCUT2D eigenvalue weighted by atomic mass is 9.97. The molecule has 0 saturated heterocycles. The Morgan fingerprint density at radius 2 is 1.46 bits per heavy atom. The van der Waals surface area contributed by atoms with Crippen LogP contribution in [0.2, 0.25) is 5.02 Å². The molecule has 1 aromatic heterocycles. The van der Waals surface area contributed by atoms with Crippen LogP contribution in [-0.2, 0) is 0 Å². The Balaban J connectivity index is 2.04. The quantitative estimate of drug-likeness (QED) is 0.463. The molecule has 4 heteroatoms. The van der Waals surface area contributed by atoms with Crippen molar-refractivity contribution in [3.8, 4) is 11.3 Å². The highest BCUT2D eigenvalue weighted by molar-refractivity contribution is 6.30. The summed E-state index contributed by atoms with van der Waals surface area (Å²) >= 11 is 5.96. The second kappa shape index (κ2) is 6.62. The van der Waals surface area contributed by atoms with Gasteiger partial charge >= 0.3 is 0 Å². The standard InChI is InChI=1S/C22H13ClO3/c23-16-12-10-15(11-13-16)22-19(20(24)14-6-2-1-3-7-14)21(25)17-8-4-5-9-18(17)26-22/h1-13H. The first kappa shape index (κ1) is 16.3. The molecule has 4 aromatic rings. The number of hydrogen-bond acceptors (Lipinski definition) is 3. The van der Waals surface area contributed by atoms with Crippen molar-refractivity contribution in [2.75, 3.05) is 0 Å². The molecule has 0 amide bonds. The smallest absolute Gasteiger partial charge is 0.204 e. The first-order chi connectivity index (χ1) is 12.6. The normalized spacial score (nSPS) is 10.8. The molecule has 126 valence electrons. The van der Waals surface area contributed by atoms with Crippen molar-refractivity contribution in [1.82, 2.24) is 0 Å². The first-order valence-corrected chi connectivity index (χ1v) is 8.44. The summed E-state index contributed by atoms with van der Waals surface area (Å²) < 4.78 is 5.98. The summed E-state index contributed by atoms with van der Waals surface area (Å²) in [4.78, 5) is 26.2. The van der Waals surface area contributed by atoms with Crippen LogP contribution in [0.5, 0.6) is 0 Å². The molecule has 26 heavy (non-hydrogen) atoms. The Morgan fingerprint density at radius 1 is 0.808 bits per heavy atom. The zero-order chi connectivity index (χ0) is 18.1. The summed E-state index contributed by atoms with van der Waals surface area (Å²) in [6, 6.07) is 22.5. The van der Waals surface area contributed by atoms with Gasteiger partial charge in [-0.25, -0.2) is 0 Å². The molecule has 0 fully saturated rings. The van der Waals surface area contributed by atoms with E-state index < -0.39 is 0 Å². The van der Waals surface area contributed by atoms with Gasteiger partial charge in [0.1, 0.15) is 16.9 Å². The fourth-order valence-corrected chi connectivity index (χ4v) is 3.01. The Morgan fingerprint density at radius 3 is 2.19 bits per heavy atom. The molecule has 0 unspecified atom stereocenters. The van der Waals surface area contributed by atoms with Crippen molar-refractivity contribution in [2.45, 2.75) is 0 Å². The first-order valence-electron chi connectivity index (χ1n) is 8.06. The highest BCUT2D eigenvalue weighted by atomic mass is 35.5. The molecule has 0 atom stereocenters. The molecule has 0 spiro atoms. The van der Waals surface area contributed by atoms with E-state index in [-0.39, 0.29) is 22.5 Å². The van der Waals surface area contributed by atoms with Gasteiger partial charge in [-0.15, -0.1) is 0 Å². The number of hydrogen-bond donors (Lipinski definition) is 0. The topological polar surface area (TPSA) is 47.3 Å². The van der Waals surface area contributed by atoms with E-state index in [0.29, 0.717) is 27.1 Å². The van der Waals surface area contributed by atoms with Gasteiger partial charge in [-0.2, -0.15) is 0 Å². The minimum atomic E-state index is -0.366. The van der Waals surface area contributed by atoms with Gasteiger partial charge in [-0.3, -0.25) is 9.59 Å². The van der Waals surface area contributed by atoms with Crippen molar-refractivity contribution in [1.29, 1.82) is 0 Å². The van der Waals surface area contributed by atoms with Crippen LogP contribution in [0.15, 0.2) is 88.1 Å². The second-order valence-corrected chi connectivity index (χ2v) is 6.27. The number of benzene rings is 3. The van der Waals surface area contributed by atoms with Crippen molar-refractivity contribution in [3.05, 3.63) is 105 Å². The molecular weight excluding hydrogens is 348 g/mol.